The Hall–Kier alpha value is -2.37. The van der Waals surface area contributed by atoms with Crippen molar-refractivity contribution in [2.24, 2.45) is 5.92 Å². The second-order valence-electron chi connectivity index (χ2n) is 6.83. The number of amides is 3. The second kappa shape index (κ2) is 5.61. The number of piperidine rings is 1. The molecule has 182 valence electrons. The minimum Gasteiger partial charge on any atom is -0.388 e. The van der Waals surface area contributed by atoms with E-state index in [4.69, 9.17) is 0 Å². The smallest absolute Gasteiger partial charge is 0.255 e. The monoisotopic (exact) mass is 384 g/mol. The van der Waals surface area contributed by atoms with Crippen LogP contribution in [-0.4, -0.2) is 35.7 Å². The number of benzene rings is 1. The minimum atomic E-state index is -0.604. The highest BCUT2D eigenvalue weighted by atomic mass is 16.2. The van der Waals surface area contributed by atoms with Gasteiger partial charge in [-0.25, -0.2) is 0 Å². The van der Waals surface area contributed by atoms with Crippen LogP contribution >= 0.6 is 0 Å². The number of nitrogens with one attached hydrogen (secondary N) is 2. The molecule has 2 N–H and O–H groups in total. The van der Waals surface area contributed by atoms with Gasteiger partial charge in [-0.15, -0.1) is 0 Å². The summed E-state index contributed by atoms with van der Waals surface area (Å²) in [6.07, 6.45) is 0.256. The fraction of sp³-hybridized carbons (Fsp3) is 0.500. The largest absolute Gasteiger partial charge is 0.388 e. The molecule has 0 aliphatic carbocycles. The lowest BCUT2D eigenvalue weighted by molar-refractivity contribution is -0.139. The quantitative estimate of drug-likeness (QED) is 0.503. The van der Waals surface area contributed by atoms with Crippen LogP contribution < -0.4 is 10.6 Å². The zero-order chi connectivity index (χ0) is 17.8. The third kappa shape index (κ3) is 2.20. The zero-order valence-corrected chi connectivity index (χ0v) is 14.7. The Balaban J connectivity index is -0.0000000109. The predicted molar refractivity (Wildman–Crippen MR) is 148 cm³/mol. The third-order valence-corrected chi connectivity index (χ3v) is 5.45. The van der Waals surface area contributed by atoms with Crippen LogP contribution in [0.15, 0.2) is 0 Å². The Kier molecular flexibility index (Phi) is 3.86. The van der Waals surface area contributed by atoms with Gasteiger partial charge in [0.2, 0.25) is 11.8 Å². The number of carbonyl (C=O) groups excluding carboxylic acids is 3. The molecule has 2 aliphatic rings. The minimum absolute atomic E-state index is 0. The second-order valence-corrected chi connectivity index (χ2v) is 6.83. The SMILES string of the molecule is CNc1c(C)c(C)c(C)c2c1CN(C1C(=O)NC(=O)CC1C)C2=O.[HH].[HH].[HH].[HH].[HH].[HH].[HH].[HH].[HH].[HH].[HH].[HH].[HH].[HH].[HH].[HH].[HH].[HH].[HH].[HH].[HH].[HH].[HH].[HH].[HH].[HH].[HH]. The molecule has 1 aromatic rings. The first-order valence-electron chi connectivity index (χ1n) is 8.23. The summed E-state index contributed by atoms with van der Waals surface area (Å²) in [5.74, 6) is -0.961. The van der Waals surface area contributed by atoms with E-state index >= 15 is 0 Å². The highest BCUT2D eigenvalue weighted by Crippen LogP contribution is 2.39. The van der Waals surface area contributed by atoms with Crippen LogP contribution in [0.2, 0.25) is 0 Å². The molecule has 1 saturated heterocycles. The maximum Gasteiger partial charge on any atom is 0.255 e. The van der Waals surface area contributed by atoms with Crippen LogP contribution in [0.25, 0.3) is 0 Å². The first-order valence-corrected chi connectivity index (χ1v) is 8.23. The van der Waals surface area contributed by atoms with E-state index in [1.807, 2.05) is 34.7 Å². The highest BCUT2D eigenvalue weighted by Gasteiger charge is 2.44. The fourth-order valence-electron chi connectivity index (χ4n) is 4.00. The first kappa shape index (κ1) is 16.5. The topological polar surface area (TPSA) is 78.5 Å². The van der Waals surface area contributed by atoms with Gasteiger partial charge in [-0.05, 0) is 43.4 Å². The Morgan fingerprint density at radius 1 is 1.12 bits per heavy atom. The Morgan fingerprint density at radius 3 is 2.38 bits per heavy atom. The molecule has 3 amide bonds. The Bertz CT molecular complexity index is 820. The van der Waals surface area contributed by atoms with Gasteiger partial charge >= 0.3 is 0 Å². The average Bonchev–Trinajstić information content (AvgIpc) is 2.82. The number of anilines is 1. The number of hydrogen-bond acceptors (Lipinski definition) is 4. The predicted octanol–water partition coefficient (Wildman–Crippen LogP) is 8.30. The van der Waals surface area contributed by atoms with Crippen molar-refractivity contribution >= 4 is 23.4 Å². The van der Waals surface area contributed by atoms with Crippen molar-refractivity contribution in [1.82, 2.24) is 10.2 Å². The lowest BCUT2D eigenvalue weighted by Gasteiger charge is -2.34. The van der Waals surface area contributed by atoms with Gasteiger partial charge in [0.15, 0.2) is 0 Å². The Morgan fingerprint density at radius 2 is 1.79 bits per heavy atom. The van der Waals surface area contributed by atoms with Crippen molar-refractivity contribution in [2.75, 3.05) is 12.4 Å². The standard InChI is InChI=1S/C18H23N3O3.27H2/c1-8-6-13(22)20-17(23)16(8)21-7-12-14(18(21)24)10(3)9(2)11(4)15(12)19-5;;;;;;;;;;;;;;;;;;;;;;;;;;;/h8,16,19H,6-7H2,1-5H3,(H,20,22,23);27*1H. The fourth-order valence-corrected chi connectivity index (χ4v) is 4.00. The van der Waals surface area contributed by atoms with E-state index < -0.39 is 6.04 Å². The highest BCUT2D eigenvalue weighted by molar-refractivity contribution is 6.07. The van der Waals surface area contributed by atoms with Crippen LogP contribution in [0.3, 0.4) is 0 Å². The van der Waals surface area contributed by atoms with Crippen LogP contribution in [0.1, 0.15) is 84.5 Å². The van der Waals surface area contributed by atoms with E-state index in [2.05, 4.69) is 10.6 Å². The van der Waals surface area contributed by atoms with Gasteiger partial charge in [-0.2, -0.15) is 0 Å². The Labute approximate surface area is 181 Å². The first-order chi connectivity index (χ1) is 11.3. The molecule has 2 atom stereocenters. The van der Waals surface area contributed by atoms with E-state index in [9.17, 15) is 14.4 Å². The summed E-state index contributed by atoms with van der Waals surface area (Å²) < 4.78 is 0. The number of imide groups is 1. The number of hydrogen-bond donors (Lipinski definition) is 2. The molecular formula is C18H77N3O3. The van der Waals surface area contributed by atoms with Crippen molar-refractivity contribution in [2.45, 2.75) is 46.7 Å². The summed E-state index contributed by atoms with van der Waals surface area (Å²) in [5, 5.41) is 5.57. The molecule has 6 nitrogen and oxygen atoms in total. The number of fused-ring (bicyclic) bond motifs is 1. The van der Waals surface area contributed by atoms with Crippen LogP contribution in [0.5, 0.6) is 0 Å². The summed E-state index contributed by atoms with van der Waals surface area (Å²) in [5.41, 5.74) is 5.78. The molecule has 24 heavy (non-hydrogen) atoms. The molecule has 0 bridgehead atoms. The summed E-state index contributed by atoms with van der Waals surface area (Å²) in [6.45, 7) is 8.24. The molecule has 1 aromatic carbocycles. The summed E-state index contributed by atoms with van der Waals surface area (Å²) in [7, 11) is 1.85. The summed E-state index contributed by atoms with van der Waals surface area (Å²) in [6, 6.07) is -0.604. The maximum atomic E-state index is 13.1. The van der Waals surface area contributed by atoms with Crippen molar-refractivity contribution in [3.05, 3.63) is 27.8 Å². The molecule has 2 heterocycles. The molecule has 0 saturated carbocycles. The van der Waals surface area contributed by atoms with Crippen LogP contribution in [-0.2, 0) is 16.1 Å². The van der Waals surface area contributed by atoms with Crippen molar-refractivity contribution in [3.63, 3.8) is 0 Å². The van der Waals surface area contributed by atoms with Gasteiger partial charge in [0.1, 0.15) is 6.04 Å². The van der Waals surface area contributed by atoms with E-state index in [0.717, 1.165) is 27.9 Å². The molecule has 2 unspecified atom stereocenters. The molecular weight excluding hydrogens is 306 g/mol. The summed E-state index contributed by atoms with van der Waals surface area (Å²) >= 11 is 0. The molecule has 2 aliphatic heterocycles. The maximum absolute atomic E-state index is 13.1. The molecule has 0 aromatic heterocycles. The molecule has 1 fully saturated rings. The lowest BCUT2D eigenvalue weighted by Crippen LogP contribution is -2.56. The van der Waals surface area contributed by atoms with Crippen molar-refractivity contribution < 1.29 is 52.9 Å². The average molecular weight is 384 g/mol. The van der Waals surface area contributed by atoms with Crippen molar-refractivity contribution in [3.8, 4) is 0 Å². The zero-order valence-electron chi connectivity index (χ0n) is 14.7. The van der Waals surface area contributed by atoms with Gasteiger partial charge in [0.05, 0.1) is 0 Å². The number of rotatable bonds is 2. The number of carbonyl (C=O) groups is 3. The molecule has 0 radical (unpaired) electrons. The lowest BCUT2D eigenvalue weighted by atomic mass is 9.92. The van der Waals surface area contributed by atoms with E-state index in [1.165, 1.54) is 0 Å². The van der Waals surface area contributed by atoms with E-state index in [1.54, 1.807) is 4.90 Å². The van der Waals surface area contributed by atoms with Gasteiger partial charge < -0.3 is 10.2 Å². The van der Waals surface area contributed by atoms with Crippen molar-refractivity contribution in [1.29, 1.82) is 0 Å². The summed E-state index contributed by atoms with van der Waals surface area (Å²) in [4.78, 5) is 38.5. The molecule has 0 spiro atoms. The van der Waals surface area contributed by atoms with Gasteiger partial charge in [0, 0.05) is 75.3 Å². The third-order valence-electron chi connectivity index (χ3n) is 5.45. The molecule has 6 heteroatoms. The van der Waals surface area contributed by atoms with Crippen LogP contribution in [0.4, 0.5) is 5.69 Å². The van der Waals surface area contributed by atoms with Crippen LogP contribution in [0, 0.1) is 26.7 Å². The van der Waals surface area contributed by atoms with Gasteiger partial charge in [-0.1, -0.05) is 6.92 Å². The van der Waals surface area contributed by atoms with E-state index in [-0.39, 0.29) is 68.6 Å². The normalized spacial score (nSPS) is 23.4. The van der Waals surface area contributed by atoms with Gasteiger partial charge in [0.25, 0.3) is 5.91 Å². The van der Waals surface area contributed by atoms with Gasteiger partial charge in [-0.3, -0.25) is 19.7 Å². The molecule has 3 rings (SSSR count). The number of nitrogens with zero attached hydrogens (tertiary/aromatic N) is 1. The van der Waals surface area contributed by atoms with E-state index in [0.29, 0.717) is 12.1 Å².